The Morgan fingerprint density at radius 3 is 2.56 bits per heavy atom. The minimum atomic E-state index is -0.909. The Bertz CT molecular complexity index is 440. The Balaban J connectivity index is 2.28. The third-order valence-corrected chi connectivity index (χ3v) is 4.06. The van der Waals surface area contributed by atoms with Crippen molar-refractivity contribution in [1.29, 1.82) is 0 Å². The van der Waals surface area contributed by atoms with Crippen molar-refractivity contribution in [3.8, 4) is 0 Å². The molecule has 0 aliphatic heterocycles. The van der Waals surface area contributed by atoms with E-state index in [1.807, 2.05) is 31.2 Å². The summed E-state index contributed by atoms with van der Waals surface area (Å²) in [7, 11) is 0. The first-order chi connectivity index (χ1) is 8.48. The fourth-order valence-electron chi connectivity index (χ4n) is 2.92. The Morgan fingerprint density at radius 2 is 2.06 bits per heavy atom. The number of aliphatic hydroxyl groups is 1. The van der Waals surface area contributed by atoms with Crippen molar-refractivity contribution in [2.75, 3.05) is 0 Å². The van der Waals surface area contributed by atoms with E-state index in [-0.39, 0.29) is 17.9 Å². The standard InChI is InChI=1S/C15H21NO2/c1-4-12-9-14(16-11(3)17)15(12,18)13-7-5-10(2)6-8-13/h5-8,12,14,18H,4,9H2,1-3H3,(H,16,17)/t12-,14+,15+/m1/s1. The number of carbonyl (C=O) groups is 1. The van der Waals surface area contributed by atoms with Crippen LogP contribution >= 0.6 is 0 Å². The second-order valence-corrected chi connectivity index (χ2v) is 5.29. The van der Waals surface area contributed by atoms with E-state index in [0.717, 1.165) is 18.4 Å². The van der Waals surface area contributed by atoms with Crippen molar-refractivity contribution in [1.82, 2.24) is 5.32 Å². The normalized spacial score (nSPS) is 30.7. The Morgan fingerprint density at radius 1 is 1.44 bits per heavy atom. The van der Waals surface area contributed by atoms with E-state index in [0.29, 0.717) is 0 Å². The van der Waals surface area contributed by atoms with Gasteiger partial charge in [0.1, 0.15) is 5.60 Å². The van der Waals surface area contributed by atoms with Crippen LogP contribution in [-0.2, 0) is 10.4 Å². The summed E-state index contributed by atoms with van der Waals surface area (Å²) < 4.78 is 0. The van der Waals surface area contributed by atoms with Crippen LogP contribution in [0.2, 0.25) is 0 Å². The van der Waals surface area contributed by atoms with Crippen LogP contribution in [0.4, 0.5) is 0 Å². The summed E-state index contributed by atoms with van der Waals surface area (Å²) in [6.07, 6.45) is 1.76. The molecule has 0 bridgehead atoms. The molecule has 0 saturated heterocycles. The molecular weight excluding hydrogens is 226 g/mol. The number of rotatable bonds is 3. The molecule has 3 heteroatoms. The number of hydrogen-bond acceptors (Lipinski definition) is 2. The third kappa shape index (κ3) is 2.03. The zero-order chi connectivity index (χ0) is 13.3. The monoisotopic (exact) mass is 247 g/mol. The summed E-state index contributed by atoms with van der Waals surface area (Å²) in [5, 5.41) is 13.8. The van der Waals surface area contributed by atoms with Crippen LogP contribution in [-0.4, -0.2) is 17.1 Å². The molecule has 0 aromatic heterocycles. The minimum absolute atomic E-state index is 0.0833. The maximum absolute atomic E-state index is 11.2. The summed E-state index contributed by atoms with van der Waals surface area (Å²) >= 11 is 0. The lowest BCUT2D eigenvalue weighted by Gasteiger charge is -2.52. The molecule has 0 radical (unpaired) electrons. The molecule has 0 heterocycles. The van der Waals surface area contributed by atoms with Crippen molar-refractivity contribution in [2.24, 2.45) is 5.92 Å². The van der Waals surface area contributed by atoms with E-state index in [1.165, 1.54) is 12.5 Å². The van der Waals surface area contributed by atoms with Gasteiger partial charge >= 0.3 is 0 Å². The molecule has 3 nitrogen and oxygen atoms in total. The second kappa shape index (κ2) is 4.73. The van der Waals surface area contributed by atoms with E-state index in [2.05, 4.69) is 12.2 Å². The van der Waals surface area contributed by atoms with Crippen LogP contribution in [0.3, 0.4) is 0 Å². The summed E-state index contributed by atoms with van der Waals surface area (Å²) in [5.74, 6) is 0.136. The van der Waals surface area contributed by atoms with E-state index < -0.39 is 5.60 Å². The Hall–Kier alpha value is -1.35. The van der Waals surface area contributed by atoms with Gasteiger partial charge in [0, 0.05) is 6.92 Å². The molecule has 0 spiro atoms. The van der Waals surface area contributed by atoms with E-state index >= 15 is 0 Å². The number of nitrogens with one attached hydrogen (secondary N) is 1. The van der Waals surface area contributed by atoms with Gasteiger partial charge < -0.3 is 10.4 Å². The number of amides is 1. The predicted octanol–water partition coefficient (Wildman–Crippen LogP) is 2.12. The first-order valence-corrected chi connectivity index (χ1v) is 6.55. The molecule has 3 atom stereocenters. The van der Waals surface area contributed by atoms with Gasteiger partial charge in [-0.05, 0) is 24.8 Å². The maximum Gasteiger partial charge on any atom is 0.217 e. The minimum Gasteiger partial charge on any atom is -0.383 e. The van der Waals surface area contributed by atoms with Crippen LogP contribution in [0.25, 0.3) is 0 Å². The lowest BCUT2D eigenvalue weighted by molar-refractivity contribution is -0.147. The van der Waals surface area contributed by atoms with Crippen molar-refractivity contribution in [3.63, 3.8) is 0 Å². The summed E-state index contributed by atoms with van der Waals surface area (Å²) in [6, 6.07) is 7.77. The van der Waals surface area contributed by atoms with Gasteiger partial charge in [-0.2, -0.15) is 0 Å². The SMILES string of the molecule is CC[C@@H]1C[C@H](NC(C)=O)[C@@]1(O)c1ccc(C)cc1. The molecule has 1 aliphatic rings. The van der Waals surface area contributed by atoms with E-state index in [1.54, 1.807) is 0 Å². The van der Waals surface area contributed by atoms with Gasteiger partial charge in [0.15, 0.2) is 0 Å². The zero-order valence-electron chi connectivity index (χ0n) is 11.2. The van der Waals surface area contributed by atoms with Gasteiger partial charge in [-0.3, -0.25) is 4.79 Å². The van der Waals surface area contributed by atoms with E-state index in [9.17, 15) is 9.90 Å². The predicted molar refractivity (Wildman–Crippen MR) is 71.1 cm³/mol. The van der Waals surface area contributed by atoms with E-state index in [4.69, 9.17) is 0 Å². The van der Waals surface area contributed by atoms with Gasteiger partial charge in [0.05, 0.1) is 6.04 Å². The molecule has 1 aliphatic carbocycles. The van der Waals surface area contributed by atoms with Gasteiger partial charge in [-0.15, -0.1) is 0 Å². The first kappa shape index (κ1) is 13.1. The summed E-state index contributed by atoms with van der Waals surface area (Å²) in [5.41, 5.74) is 1.17. The van der Waals surface area contributed by atoms with Crippen molar-refractivity contribution in [2.45, 2.75) is 45.3 Å². The van der Waals surface area contributed by atoms with Crippen LogP contribution in [0.1, 0.15) is 37.8 Å². The third-order valence-electron chi connectivity index (χ3n) is 4.06. The molecule has 1 amide bonds. The number of aryl methyl sites for hydroxylation is 1. The highest BCUT2D eigenvalue weighted by molar-refractivity contribution is 5.73. The maximum atomic E-state index is 11.2. The fraction of sp³-hybridized carbons (Fsp3) is 0.533. The molecule has 2 N–H and O–H groups in total. The molecule has 0 unspecified atom stereocenters. The number of benzene rings is 1. The first-order valence-electron chi connectivity index (χ1n) is 6.55. The number of hydrogen-bond donors (Lipinski definition) is 2. The molecule has 2 rings (SSSR count). The molecule has 1 aromatic rings. The van der Waals surface area contributed by atoms with Crippen molar-refractivity contribution in [3.05, 3.63) is 35.4 Å². The molecule has 1 aromatic carbocycles. The van der Waals surface area contributed by atoms with Gasteiger partial charge in [-0.25, -0.2) is 0 Å². The van der Waals surface area contributed by atoms with Crippen LogP contribution in [0.15, 0.2) is 24.3 Å². The molecule has 18 heavy (non-hydrogen) atoms. The number of carbonyl (C=O) groups excluding carboxylic acids is 1. The lowest BCUT2D eigenvalue weighted by atomic mass is 9.60. The molecule has 1 fully saturated rings. The highest BCUT2D eigenvalue weighted by atomic mass is 16.3. The Labute approximate surface area is 108 Å². The van der Waals surface area contributed by atoms with Crippen LogP contribution in [0, 0.1) is 12.8 Å². The quantitative estimate of drug-likeness (QED) is 0.859. The van der Waals surface area contributed by atoms with Gasteiger partial charge in [0.2, 0.25) is 5.91 Å². The van der Waals surface area contributed by atoms with Crippen molar-refractivity contribution >= 4 is 5.91 Å². The highest BCUT2D eigenvalue weighted by Gasteiger charge is 2.54. The lowest BCUT2D eigenvalue weighted by Crippen LogP contribution is -2.63. The molecule has 1 saturated carbocycles. The van der Waals surface area contributed by atoms with Gasteiger partial charge in [-0.1, -0.05) is 43.2 Å². The molecular formula is C15H21NO2. The molecule has 98 valence electrons. The largest absolute Gasteiger partial charge is 0.383 e. The van der Waals surface area contributed by atoms with Crippen molar-refractivity contribution < 1.29 is 9.90 Å². The average molecular weight is 247 g/mol. The smallest absolute Gasteiger partial charge is 0.217 e. The topological polar surface area (TPSA) is 49.3 Å². The van der Waals surface area contributed by atoms with Crippen LogP contribution in [0.5, 0.6) is 0 Å². The van der Waals surface area contributed by atoms with Gasteiger partial charge in [0.25, 0.3) is 0 Å². The highest BCUT2D eigenvalue weighted by Crippen LogP contribution is 2.48. The Kier molecular flexibility index (Phi) is 3.44. The second-order valence-electron chi connectivity index (χ2n) is 5.29. The zero-order valence-corrected chi connectivity index (χ0v) is 11.2. The average Bonchev–Trinajstić information content (AvgIpc) is 2.33. The summed E-state index contributed by atoms with van der Waals surface area (Å²) in [6.45, 7) is 5.60. The fourth-order valence-corrected chi connectivity index (χ4v) is 2.92. The summed E-state index contributed by atoms with van der Waals surface area (Å²) in [4.78, 5) is 11.2. The van der Waals surface area contributed by atoms with Crippen LogP contribution < -0.4 is 5.32 Å².